The maximum absolute atomic E-state index is 12.7. The number of methoxy groups -OCH3 is 1. The van der Waals surface area contributed by atoms with E-state index in [2.05, 4.69) is 4.99 Å². The van der Waals surface area contributed by atoms with E-state index in [4.69, 9.17) is 9.47 Å². The lowest BCUT2D eigenvalue weighted by Crippen LogP contribution is -2.40. The average Bonchev–Trinajstić information content (AvgIpc) is 3.10. The zero-order valence-electron chi connectivity index (χ0n) is 14.6. The third-order valence-corrected chi connectivity index (χ3v) is 6.27. The van der Waals surface area contributed by atoms with E-state index in [0.29, 0.717) is 23.0 Å². The van der Waals surface area contributed by atoms with Crippen molar-refractivity contribution in [3.8, 4) is 0 Å². The van der Waals surface area contributed by atoms with Crippen LogP contribution in [0.1, 0.15) is 30.3 Å². The van der Waals surface area contributed by atoms with Crippen LogP contribution in [-0.4, -0.2) is 47.5 Å². The summed E-state index contributed by atoms with van der Waals surface area (Å²) in [7, 11) is 1.55. The predicted molar refractivity (Wildman–Crippen MR) is 98.7 cm³/mol. The molecule has 1 fully saturated rings. The quantitative estimate of drug-likeness (QED) is 0.580. The highest BCUT2D eigenvalue weighted by atomic mass is 32.2. The van der Waals surface area contributed by atoms with Crippen molar-refractivity contribution in [3.05, 3.63) is 33.2 Å². The van der Waals surface area contributed by atoms with Gasteiger partial charge >= 0.3 is 5.97 Å². The minimum absolute atomic E-state index is 0.0313. The zero-order valence-corrected chi connectivity index (χ0v) is 16.2. The second-order valence-electron chi connectivity index (χ2n) is 5.86. The molecular formula is C17H20N2O4S2. The summed E-state index contributed by atoms with van der Waals surface area (Å²) in [5, 5.41) is 2.41. The molecule has 1 aromatic heterocycles. The van der Waals surface area contributed by atoms with Crippen LogP contribution in [0, 0.1) is 6.92 Å². The number of hydrogen-bond donors (Lipinski definition) is 0. The number of thioether (sulfide) groups is 1. The molecule has 134 valence electrons. The Hall–Kier alpha value is -1.64. The van der Waals surface area contributed by atoms with Gasteiger partial charge in [0.25, 0.3) is 0 Å². The standard InChI is InChI=1S/C17H20N2O4S2/c1-9-5-8-24-14(9)13-12(16(21)23-7-6-22-4)10(2)18-17-19(13)15(20)11(3)25-17/h5,8,11,13H,6-7H2,1-4H3. The van der Waals surface area contributed by atoms with Crippen molar-refractivity contribution < 1.29 is 19.1 Å². The van der Waals surface area contributed by atoms with Crippen LogP contribution in [0.25, 0.3) is 0 Å². The normalized spacial score (nSPS) is 23.0. The predicted octanol–water partition coefficient (Wildman–Crippen LogP) is 2.89. The molecule has 25 heavy (non-hydrogen) atoms. The fourth-order valence-corrected chi connectivity index (χ4v) is 4.93. The zero-order chi connectivity index (χ0) is 18.1. The van der Waals surface area contributed by atoms with E-state index >= 15 is 0 Å². The van der Waals surface area contributed by atoms with Crippen LogP contribution in [0.15, 0.2) is 27.7 Å². The van der Waals surface area contributed by atoms with Gasteiger partial charge in [-0.05, 0) is 37.8 Å². The molecule has 2 unspecified atom stereocenters. The third kappa shape index (κ3) is 3.26. The molecule has 3 rings (SSSR count). The topological polar surface area (TPSA) is 68.2 Å². The number of ether oxygens (including phenoxy) is 2. The number of amidine groups is 1. The Labute approximate surface area is 154 Å². The second-order valence-corrected chi connectivity index (χ2v) is 8.12. The molecule has 2 aliphatic rings. The lowest BCUT2D eigenvalue weighted by atomic mass is 9.98. The van der Waals surface area contributed by atoms with Gasteiger partial charge in [-0.1, -0.05) is 11.8 Å². The molecule has 2 aliphatic heterocycles. The number of carbonyl (C=O) groups excluding carboxylic acids is 2. The van der Waals surface area contributed by atoms with Crippen molar-refractivity contribution in [3.63, 3.8) is 0 Å². The Balaban J connectivity index is 2.04. The molecule has 6 nitrogen and oxygen atoms in total. The van der Waals surface area contributed by atoms with Crippen molar-refractivity contribution in [2.24, 2.45) is 4.99 Å². The van der Waals surface area contributed by atoms with Crippen molar-refractivity contribution in [2.45, 2.75) is 32.1 Å². The fourth-order valence-electron chi connectivity index (χ4n) is 2.87. The molecule has 8 heteroatoms. The summed E-state index contributed by atoms with van der Waals surface area (Å²) >= 11 is 2.96. The summed E-state index contributed by atoms with van der Waals surface area (Å²) in [6.45, 7) is 6.12. The SMILES string of the molecule is COCCOC(=O)C1=C(C)N=C2SC(C)C(=O)N2C1c1sccc1C. The summed E-state index contributed by atoms with van der Waals surface area (Å²) in [6, 6.07) is 1.51. The molecule has 0 saturated carbocycles. The first-order chi connectivity index (χ1) is 12.0. The van der Waals surface area contributed by atoms with Gasteiger partial charge in [-0.25, -0.2) is 9.79 Å². The number of fused-ring (bicyclic) bond motifs is 1. The molecule has 0 spiro atoms. The largest absolute Gasteiger partial charge is 0.460 e. The average molecular weight is 380 g/mol. The molecular weight excluding hydrogens is 360 g/mol. The van der Waals surface area contributed by atoms with Gasteiger partial charge in [-0.2, -0.15) is 0 Å². The van der Waals surface area contributed by atoms with Gasteiger partial charge in [0.05, 0.1) is 23.1 Å². The first kappa shape index (κ1) is 18.2. The van der Waals surface area contributed by atoms with Gasteiger partial charge in [-0.3, -0.25) is 9.69 Å². The first-order valence-corrected chi connectivity index (χ1v) is 9.70. The van der Waals surface area contributed by atoms with E-state index < -0.39 is 12.0 Å². The maximum Gasteiger partial charge on any atom is 0.338 e. The monoisotopic (exact) mass is 380 g/mol. The van der Waals surface area contributed by atoms with Gasteiger partial charge in [0.1, 0.15) is 12.6 Å². The number of amides is 1. The summed E-state index contributed by atoms with van der Waals surface area (Å²) in [5.41, 5.74) is 2.07. The highest BCUT2D eigenvalue weighted by Gasteiger charge is 2.47. The van der Waals surface area contributed by atoms with Gasteiger partial charge in [0, 0.05) is 12.0 Å². The van der Waals surface area contributed by atoms with Crippen LogP contribution in [0.5, 0.6) is 0 Å². The Bertz CT molecular complexity index is 768. The summed E-state index contributed by atoms with van der Waals surface area (Å²) in [4.78, 5) is 32.6. The number of esters is 1. The number of hydrogen-bond acceptors (Lipinski definition) is 7. The van der Waals surface area contributed by atoms with Gasteiger partial charge < -0.3 is 9.47 Å². The molecule has 1 aromatic rings. The Kier molecular flexibility index (Phi) is 5.31. The fraction of sp³-hybridized carbons (Fsp3) is 0.471. The minimum Gasteiger partial charge on any atom is -0.460 e. The van der Waals surface area contributed by atoms with Crippen LogP contribution in [-0.2, 0) is 19.1 Å². The number of aliphatic imine (C=N–C) groups is 1. The van der Waals surface area contributed by atoms with Crippen LogP contribution in [0.3, 0.4) is 0 Å². The molecule has 1 amide bonds. The first-order valence-electron chi connectivity index (χ1n) is 7.95. The molecule has 0 N–H and O–H groups in total. The lowest BCUT2D eigenvalue weighted by Gasteiger charge is -2.32. The van der Waals surface area contributed by atoms with Gasteiger partial charge in [0.2, 0.25) is 5.91 Å². The molecule has 2 atom stereocenters. The summed E-state index contributed by atoms with van der Waals surface area (Å²) in [6.07, 6.45) is 0. The van der Waals surface area contributed by atoms with Gasteiger partial charge in [-0.15, -0.1) is 11.3 Å². The number of rotatable bonds is 5. The number of aryl methyl sites for hydroxylation is 1. The lowest BCUT2D eigenvalue weighted by molar-refractivity contribution is -0.141. The smallest absolute Gasteiger partial charge is 0.338 e. The minimum atomic E-state index is -0.479. The molecule has 0 aromatic carbocycles. The summed E-state index contributed by atoms with van der Waals surface area (Å²) < 4.78 is 10.3. The molecule has 1 saturated heterocycles. The van der Waals surface area contributed by atoms with Crippen LogP contribution in [0.2, 0.25) is 0 Å². The Morgan fingerprint density at radius 2 is 2.12 bits per heavy atom. The van der Waals surface area contributed by atoms with Crippen molar-refractivity contribution in [2.75, 3.05) is 20.3 Å². The molecule has 0 bridgehead atoms. The van der Waals surface area contributed by atoms with Crippen molar-refractivity contribution in [1.29, 1.82) is 0 Å². The summed E-state index contributed by atoms with van der Waals surface area (Å²) in [5.74, 6) is -0.483. The Morgan fingerprint density at radius 3 is 2.76 bits per heavy atom. The van der Waals surface area contributed by atoms with Crippen molar-refractivity contribution in [1.82, 2.24) is 4.90 Å². The molecule has 0 aliphatic carbocycles. The van der Waals surface area contributed by atoms with Gasteiger partial charge in [0.15, 0.2) is 5.17 Å². The maximum atomic E-state index is 12.7. The van der Waals surface area contributed by atoms with Crippen LogP contribution >= 0.6 is 23.1 Å². The highest BCUT2D eigenvalue weighted by molar-refractivity contribution is 8.15. The number of carbonyl (C=O) groups is 2. The van der Waals surface area contributed by atoms with Crippen LogP contribution < -0.4 is 0 Å². The number of nitrogens with zero attached hydrogens (tertiary/aromatic N) is 2. The van der Waals surface area contributed by atoms with E-state index in [9.17, 15) is 9.59 Å². The second kappa shape index (κ2) is 7.31. The van der Waals surface area contributed by atoms with E-state index in [1.165, 1.54) is 23.1 Å². The number of allylic oxidation sites excluding steroid dienone is 1. The van der Waals surface area contributed by atoms with E-state index in [-0.39, 0.29) is 17.8 Å². The van der Waals surface area contributed by atoms with Crippen molar-refractivity contribution >= 4 is 40.1 Å². The molecule has 3 heterocycles. The molecule has 0 radical (unpaired) electrons. The third-order valence-electron chi connectivity index (χ3n) is 4.15. The highest BCUT2D eigenvalue weighted by Crippen LogP contribution is 2.45. The van der Waals surface area contributed by atoms with Crippen LogP contribution in [0.4, 0.5) is 0 Å². The van der Waals surface area contributed by atoms with E-state index in [1.54, 1.807) is 18.9 Å². The number of thiophene rings is 1. The Morgan fingerprint density at radius 1 is 1.36 bits per heavy atom. The van der Waals surface area contributed by atoms with E-state index in [1.807, 2.05) is 25.3 Å². The van der Waals surface area contributed by atoms with E-state index in [0.717, 1.165) is 10.4 Å².